The van der Waals surface area contributed by atoms with Crippen LogP contribution in [0.2, 0.25) is 0 Å². The van der Waals surface area contributed by atoms with Crippen molar-refractivity contribution in [2.45, 2.75) is 45.4 Å². The Kier molecular flexibility index (Phi) is 3.72. The lowest BCUT2D eigenvalue weighted by molar-refractivity contribution is -0.116. The Morgan fingerprint density at radius 1 is 1.10 bits per heavy atom. The summed E-state index contributed by atoms with van der Waals surface area (Å²) in [6, 6.07) is 10.6. The van der Waals surface area contributed by atoms with Crippen LogP contribution in [-0.2, 0) is 17.6 Å². The molecule has 0 aromatic heterocycles. The number of carbonyl (C=O) groups is 1. The lowest BCUT2D eigenvalue weighted by atomic mass is 10.0. The first-order chi connectivity index (χ1) is 9.79. The van der Waals surface area contributed by atoms with E-state index in [0.29, 0.717) is 6.42 Å². The lowest BCUT2D eigenvalue weighted by Crippen LogP contribution is -2.11. The van der Waals surface area contributed by atoms with E-state index in [-0.39, 0.29) is 5.91 Å². The molecule has 104 valence electrons. The van der Waals surface area contributed by atoms with E-state index in [4.69, 9.17) is 0 Å². The average molecular weight is 267 g/mol. The van der Waals surface area contributed by atoms with Crippen LogP contribution in [0.1, 0.15) is 43.7 Å². The molecule has 2 aromatic carbocycles. The molecule has 0 radical (unpaired) electrons. The maximum atomic E-state index is 12.0. The molecule has 0 saturated heterocycles. The molecule has 0 aliphatic heterocycles. The third-order valence-corrected chi connectivity index (χ3v) is 4.16. The molecule has 3 rings (SSSR count). The van der Waals surface area contributed by atoms with Crippen LogP contribution in [0.5, 0.6) is 0 Å². The molecule has 2 aromatic rings. The van der Waals surface area contributed by atoms with Gasteiger partial charge in [-0.25, -0.2) is 0 Å². The zero-order chi connectivity index (χ0) is 13.9. The van der Waals surface area contributed by atoms with Gasteiger partial charge >= 0.3 is 0 Å². The highest BCUT2D eigenvalue weighted by Gasteiger charge is 2.16. The summed E-state index contributed by atoms with van der Waals surface area (Å²) < 4.78 is 0. The van der Waals surface area contributed by atoms with E-state index in [2.05, 4.69) is 42.6 Å². The maximum Gasteiger partial charge on any atom is 0.224 e. The molecule has 1 aliphatic carbocycles. The van der Waals surface area contributed by atoms with Gasteiger partial charge in [0.05, 0.1) is 0 Å². The molecule has 0 unspecified atom stereocenters. The van der Waals surface area contributed by atoms with Crippen molar-refractivity contribution in [3.63, 3.8) is 0 Å². The number of anilines is 1. The van der Waals surface area contributed by atoms with Gasteiger partial charge in [0.25, 0.3) is 0 Å². The van der Waals surface area contributed by atoms with Crippen molar-refractivity contribution in [1.82, 2.24) is 0 Å². The quantitative estimate of drug-likeness (QED) is 0.796. The average Bonchev–Trinajstić information content (AvgIpc) is 2.87. The third-order valence-electron chi connectivity index (χ3n) is 4.16. The summed E-state index contributed by atoms with van der Waals surface area (Å²) >= 11 is 0. The molecule has 2 nitrogen and oxygen atoms in total. The van der Waals surface area contributed by atoms with E-state index in [1.807, 2.05) is 0 Å². The number of benzene rings is 2. The van der Waals surface area contributed by atoms with Gasteiger partial charge in [-0.15, -0.1) is 0 Å². The van der Waals surface area contributed by atoms with E-state index in [1.165, 1.54) is 21.9 Å². The molecular formula is C18H21NO. The van der Waals surface area contributed by atoms with Crippen LogP contribution in [0.4, 0.5) is 5.69 Å². The SMILES string of the molecule is CCCCCC(=O)Nc1ccc2c3c(cccc13)CC2. The molecule has 0 atom stereocenters. The van der Waals surface area contributed by atoms with E-state index >= 15 is 0 Å². The Labute approximate surface area is 120 Å². The predicted octanol–water partition coefficient (Wildman–Crippen LogP) is 4.46. The van der Waals surface area contributed by atoms with Crippen LogP contribution in [0.15, 0.2) is 30.3 Å². The monoisotopic (exact) mass is 267 g/mol. The molecule has 0 spiro atoms. The molecule has 1 N–H and O–H groups in total. The van der Waals surface area contributed by atoms with Gasteiger partial charge in [-0.2, -0.15) is 0 Å². The van der Waals surface area contributed by atoms with Crippen molar-refractivity contribution in [2.24, 2.45) is 0 Å². The molecule has 1 aliphatic rings. The second-order valence-electron chi connectivity index (χ2n) is 5.62. The summed E-state index contributed by atoms with van der Waals surface area (Å²) in [6.07, 6.45) is 6.12. The Bertz CT molecular complexity index is 635. The second-order valence-corrected chi connectivity index (χ2v) is 5.62. The topological polar surface area (TPSA) is 29.1 Å². The summed E-state index contributed by atoms with van der Waals surface area (Å²) in [6.45, 7) is 2.15. The van der Waals surface area contributed by atoms with E-state index < -0.39 is 0 Å². The van der Waals surface area contributed by atoms with E-state index in [0.717, 1.165) is 37.8 Å². The Morgan fingerprint density at radius 2 is 1.90 bits per heavy atom. The van der Waals surface area contributed by atoms with Gasteiger partial charge in [0, 0.05) is 17.5 Å². The second kappa shape index (κ2) is 5.66. The lowest BCUT2D eigenvalue weighted by Gasteiger charge is -2.10. The summed E-state index contributed by atoms with van der Waals surface area (Å²) in [5, 5.41) is 5.64. The van der Waals surface area contributed by atoms with Gasteiger partial charge in [-0.1, -0.05) is 44.0 Å². The summed E-state index contributed by atoms with van der Waals surface area (Å²) in [4.78, 5) is 12.0. The number of hydrogen-bond acceptors (Lipinski definition) is 1. The van der Waals surface area contributed by atoms with Crippen molar-refractivity contribution in [3.05, 3.63) is 41.5 Å². The Morgan fingerprint density at radius 3 is 2.70 bits per heavy atom. The van der Waals surface area contributed by atoms with Crippen LogP contribution < -0.4 is 5.32 Å². The molecule has 0 heterocycles. The minimum Gasteiger partial charge on any atom is -0.326 e. The number of nitrogens with one attached hydrogen (secondary N) is 1. The predicted molar refractivity (Wildman–Crippen MR) is 84.1 cm³/mol. The Balaban J connectivity index is 1.84. The largest absolute Gasteiger partial charge is 0.326 e. The number of hydrogen-bond donors (Lipinski definition) is 1. The first kappa shape index (κ1) is 13.2. The number of amides is 1. The van der Waals surface area contributed by atoms with Crippen molar-refractivity contribution >= 4 is 22.4 Å². The minimum absolute atomic E-state index is 0.136. The fourth-order valence-corrected chi connectivity index (χ4v) is 3.10. The minimum atomic E-state index is 0.136. The van der Waals surface area contributed by atoms with Crippen molar-refractivity contribution in [1.29, 1.82) is 0 Å². The van der Waals surface area contributed by atoms with Crippen molar-refractivity contribution in [2.75, 3.05) is 5.32 Å². The van der Waals surface area contributed by atoms with Gasteiger partial charge in [0.1, 0.15) is 0 Å². The zero-order valence-corrected chi connectivity index (χ0v) is 12.0. The molecule has 20 heavy (non-hydrogen) atoms. The number of rotatable bonds is 5. The summed E-state index contributed by atoms with van der Waals surface area (Å²) in [5.74, 6) is 0.136. The van der Waals surface area contributed by atoms with E-state index in [1.54, 1.807) is 0 Å². The van der Waals surface area contributed by atoms with Gasteiger partial charge in [-0.3, -0.25) is 4.79 Å². The maximum absolute atomic E-state index is 12.0. The third kappa shape index (κ3) is 2.43. The molecular weight excluding hydrogens is 246 g/mol. The van der Waals surface area contributed by atoms with Crippen LogP contribution >= 0.6 is 0 Å². The highest BCUT2D eigenvalue weighted by molar-refractivity contribution is 6.05. The zero-order valence-electron chi connectivity index (χ0n) is 12.0. The van der Waals surface area contributed by atoms with Crippen molar-refractivity contribution < 1.29 is 4.79 Å². The first-order valence-electron chi connectivity index (χ1n) is 7.63. The fraction of sp³-hybridized carbons (Fsp3) is 0.389. The van der Waals surface area contributed by atoms with Crippen LogP contribution in [-0.4, -0.2) is 5.91 Å². The highest BCUT2D eigenvalue weighted by Crippen LogP contribution is 2.35. The molecule has 0 saturated carbocycles. The normalized spacial score (nSPS) is 12.8. The summed E-state index contributed by atoms with van der Waals surface area (Å²) in [7, 11) is 0. The number of aryl methyl sites for hydroxylation is 2. The molecule has 2 heteroatoms. The summed E-state index contributed by atoms with van der Waals surface area (Å²) in [5.41, 5.74) is 3.80. The molecule has 1 amide bonds. The molecule has 0 bridgehead atoms. The van der Waals surface area contributed by atoms with Crippen LogP contribution in [0, 0.1) is 0 Å². The van der Waals surface area contributed by atoms with Gasteiger partial charge in [-0.05, 0) is 41.8 Å². The van der Waals surface area contributed by atoms with Crippen LogP contribution in [0.3, 0.4) is 0 Å². The number of carbonyl (C=O) groups excluding carboxylic acids is 1. The van der Waals surface area contributed by atoms with E-state index in [9.17, 15) is 4.79 Å². The van der Waals surface area contributed by atoms with Gasteiger partial charge < -0.3 is 5.32 Å². The fourth-order valence-electron chi connectivity index (χ4n) is 3.10. The van der Waals surface area contributed by atoms with Gasteiger partial charge in [0.2, 0.25) is 5.91 Å². The molecule has 0 fully saturated rings. The van der Waals surface area contributed by atoms with Crippen molar-refractivity contribution in [3.8, 4) is 0 Å². The highest BCUT2D eigenvalue weighted by atomic mass is 16.1. The van der Waals surface area contributed by atoms with Crippen LogP contribution in [0.25, 0.3) is 10.8 Å². The van der Waals surface area contributed by atoms with Gasteiger partial charge in [0.15, 0.2) is 0 Å². The first-order valence-corrected chi connectivity index (χ1v) is 7.63. The standard InChI is InChI=1S/C18H21NO/c1-2-3-4-8-17(20)19-16-12-11-14-10-9-13-6-5-7-15(16)18(13)14/h5-7,11-12H,2-4,8-10H2,1H3,(H,19,20). The Hall–Kier alpha value is -1.83. The number of unbranched alkanes of at least 4 members (excludes halogenated alkanes) is 2. The smallest absolute Gasteiger partial charge is 0.224 e.